The summed E-state index contributed by atoms with van der Waals surface area (Å²) in [7, 11) is -3.02. The van der Waals surface area contributed by atoms with Crippen LogP contribution in [0, 0.1) is 0 Å². The van der Waals surface area contributed by atoms with Gasteiger partial charge >= 0.3 is 262 Å². The van der Waals surface area contributed by atoms with Crippen molar-refractivity contribution in [2.24, 2.45) is 0 Å². The minimum absolute atomic E-state index is 0.166. The molecule has 43 heavy (non-hydrogen) atoms. The molecule has 0 heterocycles. The normalized spacial score (nSPS) is 13.3. The van der Waals surface area contributed by atoms with Crippen LogP contribution in [0.3, 0.4) is 0 Å². The van der Waals surface area contributed by atoms with E-state index in [0.717, 1.165) is 12.6 Å². The zero-order chi connectivity index (χ0) is 30.3. The molecule has 222 valence electrons. The summed E-state index contributed by atoms with van der Waals surface area (Å²) in [4.78, 5) is 0. The number of hydrogen-bond acceptors (Lipinski definition) is 1. The molecule has 0 aliphatic heterocycles. The topological polar surface area (TPSA) is 9.23 Å². The van der Waals surface area contributed by atoms with Crippen LogP contribution in [-0.2, 0) is 4.21 Å². The standard InChI is InChI=1S/C40H47OPSi/c1-5-6-7-23-34-42(35-24-13-8-14-25-35,36-26-15-9-16-27-36,37-28-17-10-18-29-37)41-43(40(2,3)4,38-30-19-11-20-31-38)39-32-21-12-22-33-39/h8-22,24-33H,5-7,23,34H2,1-4H3. The molecule has 0 aliphatic rings. The van der Waals surface area contributed by atoms with Crippen molar-refractivity contribution < 1.29 is 4.21 Å². The predicted molar refractivity (Wildman–Crippen MR) is 193 cm³/mol. The summed E-state index contributed by atoms with van der Waals surface area (Å²) in [6.45, 7) is 5.90. The first kappa shape index (κ1) is 31.1. The molecule has 3 heteroatoms. The van der Waals surface area contributed by atoms with E-state index in [-0.39, 0.29) is 5.04 Å². The Morgan fingerprint density at radius 1 is 0.488 bits per heavy atom. The first-order valence-electron chi connectivity index (χ1n) is 15.9. The van der Waals surface area contributed by atoms with Crippen molar-refractivity contribution in [3.63, 3.8) is 0 Å². The van der Waals surface area contributed by atoms with Crippen LogP contribution < -0.4 is 26.3 Å². The van der Waals surface area contributed by atoms with Gasteiger partial charge in [-0.25, -0.2) is 0 Å². The SMILES string of the molecule is CCCCCCP(O[Si](c1ccccc1)(c1ccccc1)C(C)(C)C)(c1ccccc1)(c1ccccc1)c1ccccc1. The summed E-state index contributed by atoms with van der Waals surface area (Å²) in [5.41, 5.74) is 0. The molecule has 5 aromatic rings. The van der Waals surface area contributed by atoms with Gasteiger partial charge in [-0.1, -0.05) is 0 Å². The Bertz CT molecular complexity index is 1410. The van der Waals surface area contributed by atoms with Crippen molar-refractivity contribution in [3.05, 3.63) is 152 Å². The van der Waals surface area contributed by atoms with Crippen molar-refractivity contribution in [3.8, 4) is 0 Å². The van der Waals surface area contributed by atoms with Gasteiger partial charge in [0.2, 0.25) is 0 Å². The molecule has 0 saturated heterocycles. The summed E-state index contributed by atoms with van der Waals surface area (Å²) in [5.74, 6) is 0. The van der Waals surface area contributed by atoms with Crippen molar-refractivity contribution in [2.45, 2.75) is 58.4 Å². The molecule has 5 aromatic carbocycles. The van der Waals surface area contributed by atoms with Gasteiger partial charge in [-0.15, -0.1) is 0 Å². The van der Waals surface area contributed by atoms with E-state index in [1.165, 1.54) is 45.5 Å². The quantitative estimate of drug-likeness (QED) is 0.0790. The average Bonchev–Trinajstić information content (AvgIpc) is 3.06. The fraction of sp³-hybridized carbons (Fsp3) is 0.250. The monoisotopic (exact) mass is 602 g/mol. The van der Waals surface area contributed by atoms with Crippen LogP contribution in [0.25, 0.3) is 0 Å². The molecule has 0 radical (unpaired) electrons. The van der Waals surface area contributed by atoms with Gasteiger partial charge in [-0.2, -0.15) is 0 Å². The van der Waals surface area contributed by atoms with Crippen LogP contribution in [0.15, 0.2) is 152 Å². The molecule has 0 spiro atoms. The van der Waals surface area contributed by atoms with Crippen molar-refractivity contribution in [1.29, 1.82) is 0 Å². The second kappa shape index (κ2) is 13.1. The maximum atomic E-state index is 8.76. The second-order valence-electron chi connectivity index (χ2n) is 12.8. The molecule has 0 aromatic heterocycles. The fourth-order valence-corrected chi connectivity index (χ4v) is 21.3. The van der Waals surface area contributed by atoms with Crippen LogP contribution >= 0.6 is 6.83 Å². The predicted octanol–water partition coefficient (Wildman–Crippen LogP) is 8.59. The van der Waals surface area contributed by atoms with Crippen LogP contribution in [0.1, 0.15) is 53.4 Å². The van der Waals surface area contributed by atoms with Gasteiger partial charge in [0.1, 0.15) is 0 Å². The van der Waals surface area contributed by atoms with E-state index in [1.54, 1.807) is 0 Å². The molecule has 0 fully saturated rings. The summed E-state index contributed by atoms with van der Waals surface area (Å²) in [6, 6.07) is 56.2. The Morgan fingerprint density at radius 3 is 1.16 bits per heavy atom. The zero-order valence-corrected chi connectivity index (χ0v) is 28.2. The first-order valence-corrected chi connectivity index (χ1v) is 20.1. The van der Waals surface area contributed by atoms with Gasteiger partial charge in [0.25, 0.3) is 0 Å². The van der Waals surface area contributed by atoms with E-state index in [1.807, 2.05) is 0 Å². The van der Waals surface area contributed by atoms with Crippen molar-refractivity contribution >= 4 is 41.4 Å². The Balaban J connectivity index is 2.00. The molecule has 0 unspecified atom stereocenters. The molecule has 5 rings (SSSR count). The summed E-state index contributed by atoms with van der Waals surface area (Å²) < 4.78 is 8.76. The summed E-state index contributed by atoms with van der Waals surface area (Å²) >= 11 is 0. The molecular weight excluding hydrogens is 555 g/mol. The summed E-state index contributed by atoms with van der Waals surface area (Å²) in [5, 5.41) is 6.42. The first-order chi connectivity index (χ1) is 20.9. The van der Waals surface area contributed by atoms with E-state index in [9.17, 15) is 0 Å². The van der Waals surface area contributed by atoms with Gasteiger partial charge in [0.05, 0.1) is 0 Å². The van der Waals surface area contributed by atoms with Crippen LogP contribution in [0.2, 0.25) is 5.04 Å². The Hall–Kier alpha value is -3.29. The fourth-order valence-electron chi connectivity index (χ4n) is 7.03. The molecule has 0 N–H and O–H groups in total. The number of unbranched alkanes of at least 4 members (excludes halogenated alkanes) is 3. The average molecular weight is 603 g/mol. The van der Waals surface area contributed by atoms with Gasteiger partial charge in [-0.05, 0) is 0 Å². The second-order valence-corrected chi connectivity index (χ2v) is 21.9. The van der Waals surface area contributed by atoms with Crippen LogP contribution in [0.5, 0.6) is 0 Å². The van der Waals surface area contributed by atoms with E-state index < -0.39 is 15.1 Å². The Morgan fingerprint density at radius 2 is 0.837 bits per heavy atom. The van der Waals surface area contributed by atoms with E-state index in [2.05, 4.69) is 179 Å². The van der Waals surface area contributed by atoms with E-state index in [4.69, 9.17) is 4.21 Å². The molecule has 0 saturated carbocycles. The Kier molecular flexibility index (Phi) is 9.52. The maximum absolute atomic E-state index is 8.76. The zero-order valence-electron chi connectivity index (χ0n) is 26.3. The van der Waals surface area contributed by atoms with Crippen LogP contribution in [0.4, 0.5) is 0 Å². The number of rotatable bonds is 12. The van der Waals surface area contributed by atoms with Gasteiger partial charge in [-0.3, -0.25) is 0 Å². The molecule has 0 atom stereocenters. The van der Waals surface area contributed by atoms with Gasteiger partial charge in [0.15, 0.2) is 0 Å². The third-order valence-corrected chi connectivity index (χ3v) is 21.6. The molecule has 0 aliphatic carbocycles. The molecule has 0 amide bonds. The molecule has 1 nitrogen and oxygen atoms in total. The van der Waals surface area contributed by atoms with E-state index >= 15 is 0 Å². The minimum atomic E-state index is -3.62. The molecule has 0 bridgehead atoms. The third-order valence-electron chi connectivity index (χ3n) is 9.10. The Labute approximate surface area is 261 Å². The van der Waals surface area contributed by atoms with Gasteiger partial charge < -0.3 is 0 Å². The van der Waals surface area contributed by atoms with Crippen molar-refractivity contribution in [2.75, 3.05) is 6.16 Å². The third kappa shape index (κ3) is 5.58. The van der Waals surface area contributed by atoms with E-state index in [0.29, 0.717) is 0 Å². The summed E-state index contributed by atoms with van der Waals surface area (Å²) in [6.07, 6.45) is 5.68. The number of hydrogen-bond donors (Lipinski definition) is 0. The number of benzene rings is 5. The van der Waals surface area contributed by atoms with Crippen LogP contribution in [-0.4, -0.2) is 14.5 Å². The van der Waals surface area contributed by atoms with Crippen molar-refractivity contribution in [1.82, 2.24) is 0 Å². The molecular formula is C40H47OPSi. The van der Waals surface area contributed by atoms with Gasteiger partial charge in [0, 0.05) is 0 Å².